The molecule has 212 valence electrons. The summed E-state index contributed by atoms with van der Waals surface area (Å²) in [5, 5.41) is 8.26. The third-order valence-electron chi connectivity index (χ3n) is 6.62. The first kappa shape index (κ1) is 26.7. The lowest BCUT2D eigenvalue weighted by molar-refractivity contribution is -0.143. The molecule has 2 aromatic heterocycles. The number of amides is 2. The van der Waals surface area contributed by atoms with Crippen molar-refractivity contribution in [3.63, 3.8) is 0 Å². The second kappa shape index (κ2) is 9.02. The maximum Gasteiger partial charge on any atom is 0.434 e. The largest absolute Gasteiger partial charge is 0.434 e. The topological polar surface area (TPSA) is 118 Å². The van der Waals surface area contributed by atoms with Gasteiger partial charge in [-0.25, -0.2) is 18.2 Å². The molecule has 4 aromatic rings. The van der Waals surface area contributed by atoms with E-state index in [2.05, 4.69) is 19.8 Å². The average Bonchev–Trinajstić information content (AvgIpc) is 3.62. The van der Waals surface area contributed by atoms with Crippen LogP contribution >= 0.6 is 0 Å². The number of nitrogens with zero attached hydrogens (tertiary/aromatic N) is 4. The third kappa shape index (κ3) is 4.38. The summed E-state index contributed by atoms with van der Waals surface area (Å²) >= 11 is 0. The van der Waals surface area contributed by atoms with E-state index in [1.165, 1.54) is 30.3 Å². The number of carbonyl (C=O) groups excluding carboxylic acids is 2. The zero-order valence-electron chi connectivity index (χ0n) is 20.4. The van der Waals surface area contributed by atoms with Crippen molar-refractivity contribution >= 4 is 43.7 Å². The van der Waals surface area contributed by atoms with Gasteiger partial charge in [0, 0.05) is 34.3 Å². The lowest BCUT2D eigenvalue weighted by Gasteiger charge is -2.16. The van der Waals surface area contributed by atoms with Crippen LogP contribution in [0.3, 0.4) is 0 Å². The average molecular weight is 594 g/mol. The Morgan fingerprint density at radius 1 is 1.05 bits per heavy atom. The Morgan fingerprint density at radius 2 is 1.83 bits per heavy atom. The van der Waals surface area contributed by atoms with Gasteiger partial charge in [0.25, 0.3) is 11.8 Å². The number of benzene rings is 2. The molecule has 6 rings (SSSR count). The van der Waals surface area contributed by atoms with Crippen LogP contribution in [0.4, 0.5) is 37.7 Å². The minimum absolute atomic E-state index is 0.0807. The molecule has 4 heterocycles. The number of pyridine rings is 1. The zero-order chi connectivity index (χ0) is 29.3. The number of alkyl halides is 6. The van der Waals surface area contributed by atoms with Gasteiger partial charge in [0.15, 0.2) is 5.69 Å². The van der Waals surface area contributed by atoms with Gasteiger partial charge in [0.1, 0.15) is 5.03 Å². The fourth-order valence-corrected chi connectivity index (χ4v) is 7.02. The number of aromatic nitrogens is 3. The predicted molar refractivity (Wildman–Crippen MR) is 134 cm³/mol. The van der Waals surface area contributed by atoms with Crippen LogP contribution in [-0.4, -0.2) is 43.1 Å². The van der Waals surface area contributed by atoms with E-state index in [-0.39, 0.29) is 28.9 Å². The van der Waals surface area contributed by atoms with Gasteiger partial charge >= 0.3 is 12.4 Å². The number of anilines is 2. The highest BCUT2D eigenvalue weighted by Gasteiger charge is 2.42. The van der Waals surface area contributed by atoms with Crippen LogP contribution in [0.1, 0.15) is 38.4 Å². The number of hydrogen-bond donors (Lipinski definition) is 2. The quantitative estimate of drug-likeness (QED) is 0.302. The molecule has 2 aliphatic heterocycles. The first-order valence-electron chi connectivity index (χ1n) is 11.9. The molecule has 0 saturated heterocycles. The second-order valence-electron chi connectivity index (χ2n) is 9.21. The van der Waals surface area contributed by atoms with Gasteiger partial charge in [0.05, 0.1) is 44.6 Å². The normalized spacial score (nSPS) is 18.4. The standard InChI is InChI=1S/C25H16F6N6O3S/c26-24(27,28)16-9-12(10-32-23(16)41(40)8-2-7-34-41)35-22(39)15-11-33-37(20(15)25(29,30)31)18-6-5-17-19-13(18)3-1-4-14(19)21(38)36-17/h1,3-6,9-11H,2,7-8H2,(H,35,39)(H,36,38). The molecule has 0 aliphatic carbocycles. The Balaban J connectivity index is 1.42. The minimum atomic E-state index is -5.12. The van der Waals surface area contributed by atoms with E-state index in [9.17, 15) is 40.1 Å². The van der Waals surface area contributed by atoms with Crippen LogP contribution in [-0.2, 0) is 22.1 Å². The van der Waals surface area contributed by atoms with Crippen molar-refractivity contribution in [3.05, 3.63) is 71.2 Å². The van der Waals surface area contributed by atoms with Crippen molar-refractivity contribution in [2.75, 3.05) is 22.9 Å². The van der Waals surface area contributed by atoms with Gasteiger partial charge in [-0.3, -0.25) is 9.59 Å². The summed E-state index contributed by atoms with van der Waals surface area (Å²) in [7, 11) is -3.43. The Morgan fingerprint density at radius 3 is 2.51 bits per heavy atom. The molecular weight excluding hydrogens is 578 g/mol. The van der Waals surface area contributed by atoms with Gasteiger partial charge in [0.2, 0.25) is 0 Å². The summed E-state index contributed by atoms with van der Waals surface area (Å²) in [5.41, 5.74) is -3.86. The maximum atomic E-state index is 14.3. The van der Waals surface area contributed by atoms with Gasteiger partial charge in [-0.15, -0.1) is 0 Å². The molecule has 2 aromatic carbocycles. The molecule has 9 nitrogen and oxygen atoms in total. The molecule has 0 radical (unpaired) electrons. The van der Waals surface area contributed by atoms with Crippen LogP contribution in [0.5, 0.6) is 0 Å². The van der Waals surface area contributed by atoms with Crippen LogP contribution in [0.15, 0.2) is 58.2 Å². The van der Waals surface area contributed by atoms with E-state index < -0.39 is 61.4 Å². The SMILES string of the molecule is O=C(Nc1cnc(S2(=O)=NCCC2)c(C(F)(F)F)c1)c1cnn(-c2ccc3c4c(cccc24)C(=O)N3)c1C(F)(F)F. The van der Waals surface area contributed by atoms with Crippen molar-refractivity contribution in [2.24, 2.45) is 4.36 Å². The molecule has 1 unspecified atom stereocenters. The van der Waals surface area contributed by atoms with Crippen LogP contribution < -0.4 is 10.6 Å². The lowest BCUT2D eigenvalue weighted by Crippen LogP contribution is -2.21. The highest BCUT2D eigenvalue weighted by Crippen LogP contribution is 2.40. The highest BCUT2D eigenvalue weighted by atomic mass is 32.2. The van der Waals surface area contributed by atoms with E-state index in [1.54, 1.807) is 0 Å². The number of halogens is 6. The Kier molecular flexibility index (Phi) is 5.88. The van der Waals surface area contributed by atoms with Crippen molar-refractivity contribution in [2.45, 2.75) is 23.8 Å². The van der Waals surface area contributed by atoms with Crippen LogP contribution in [0.25, 0.3) is 16.5 Å². The summed E-state index contributed by atoms with van der Waals surface area (Å²) in [4.78, 5) is 28.9. The van der Waals surface area contributed by atoms with E-state index in [0.29, 0.717) is 34.4 Å². The van der Waals surface area contributed by atoms with E-state index >= 15 is 0 Å². The van der Waals surface area contributed by atoms with Gasteiger partial charge < -0.3 is 10.6 Å². The molecule has 16 heteroatoms. The molecule has 2 amide bonds. The van der Waals surface area contributed by atoms with Gasteiger partial charge in [-0.05, 0) is 30.7 Å². The van der Waals surface area contributed by atoms with Gasteiger partial charge in [-0.1, -0.05) is 12.1 Å². The Hall–Kier alpha value is -4.47. The molecule has 2 aliphatic rings. The van der Waals surface area contributed by atoms with E-state index in [0.717, 1.165) is 6.20 Å². The first-order valence-corrected chi connectivity index (χ1v) is 13.6. The monoisotopic (exact) mass is 594 g/mol. The summed E-state index contributed by atoms with van der Waals surface area (Å²) < 4.78 is 102. The van der Waals surface area contributed by atoms with E-state index in [1.807, 2.05) is 5.32 Å². The Labute approximate surface area is 226 Å². The summed E-state index contributed by atoms with van der Waals surface area (Å²) in [6.45, 7) is 0.104. The third-order valence-corrected chi connectivity index (χ3v) is 8.99. The fraction of sp³-hybridized carbons (Fsp3) is 0.200. The second-order valence-corrected chi connectivity index (χ2v) is 11.5. The lowest BCUT2D eigenvalue weighted by atomic mass is 10.0. The van der Waals surface area contributed by atoms with Crippen molar-refractivity contribution in [1.29, 1.82) is 0 Å². The number of nitrogens with one attached hydrogen (secondary N) is 2. The molecule has 1 atom stereocenters. The number of rotatable bonds is 4. The zero-order valence-corrected chi connectivity index (χ0v) is 21.2. The Bertz CT molecular complexity index is 1910. The molecule has 41 heavy (non-hydrogen) atoms. The summed E-state index contributed by atoms with van der Waals surface area (Å²) in [6.07, 6.45) is -8.41. The molecule has 0 spiro atoms. The van der Waals surface area contributed by atoms with E-state index in [4.69, 9.17) is 0 Å². The molecule has 0 bridgehead atoms. The van der Waals surface area contributed by atoms with Crippen molar-refractivity contribution in [3.8, 4) is 5.69 Å². The van der Waals surface area contributed by atoms with Gasteiger partial charge in [-0.2, -0.15) is 31.4 Å². The number of hydrogen-bond acceptors (Lipinski definition) is 6. The minimum Gasteiger partial charge on any atom is -0.321 e. The fourth-order valence-electron chi connectivity index (χ4n) is 4.90. The molecule has 2 N–H and O–H groups in total. The molecule has 0 fully saturated rings. The maximum absolute atomic E-state index is 14.3. The molecule has 0 saturated carbocycles. The van der Waals surface area contributed by atoms with Crippen LogP contribution in [0, 0.1) is 0 Å². The van der Waals surface area contributed by atoms with Crippen molar-refractivity contribution < 1.29 is 40.1 Å². The number of carbonyl (C=O) groups is 2. The molecular formula is C25H16F6N6O3S. The predicted octanol–water partition coefficient (Wildman–Crippen LogP) is 5.51. The first-order chi connectivity index (χ1) is 19.3. The smallest absolute Gasteiger partial charge is 0.321 e. The summed E-state index contributed by atoms with van der Waals surface area (Å²) in [6, 6.07) is 7.65. The van der Waals surface area contributed by atoms with Crippen LogP contribution in [0.2, 0.25) is 0 Å². The highest BCUT2D eigenvalue weighted by molar-refractivity contribution is 7.93. The summed E-state index contributed by atoms with van der Waals surface area (Å²) in [5.74, 6) is -1.95. The van der Waals surface area contributed by atoms with Crippen molar-refractivity contribution in [1.82, 2.24) is 14.8 Å².